The normalized spacial score (nSPS) is 16.6. The third-order valence-corrected chi connectivity index (χ3v) is 5.18. The van der Waals surface area contributed by atoms with Crippen molar-refractivity contribution in [1.29, 1.82) is 0 Å². The zero-order valence-electron chi connectivity index (χ0n) is 15.7. The molecule has 3 aromatic rings. The first-order valence-corrected chi connectivity index (χ1v) is 10.2. The quantitative estimate of drug-likeness (QED) is 0.661. The maximum atomic E-state index is 13.2. The topological polar surface area (TPSA) is 85.2 Å². The van der Waals surface area contributed by atoms with Gasteiger partial charge in [0.1, 0.15) is 11.9 Å². The molecule has 1 fully saturated rings. The molecule has 0 unspecified atom stereocenters. The zero-order valence-corrected chi connectivity index (χ0v) is 16.5. The second-order valence-electron chi connectivity index (χ2n) is 6.41. The monoisotopic (exact) mass is 414 g/mol. The molecule has 4 rings (SSSR count). The highest BCUT2D eigenvalue weighted by atomic mass is 32.2. The molecule has 10 heteroatoms. The minimum absolute atomic E-state index is 0.223. The van der Waals surface area contributed by atoms with Gasteiger partial charge in [-0.15, -0.1) is 5.10 Å². The molecular weight excluding hydrogens is 395 g/mol. The van der Waals surface area contributed by atoms with E-state index in [1.807, 2.05) is 30.5 Å². The summed E-state index contributed by atoms with van der Waals surface area (Å²) in [5.41, 5.74) is 2.23. The van der Waals surface area contributed by atoms with Gasteiger partial charge < -0.3 is 15.0 Å². The van der Waals surface area contributed by atoms with Gasteiger partial charge in [0.05, 0.1) is 18.8 Å². The SMILES string of the molecule is CSc1nnnn1-c1cccc(NC(=O)N2CCO[C@H](c3ccc(F)cc3)C2)c1. The summed E-state index contributed by atoms with van der Waals surface area (Å²) in [7, 11) is 0. The number of halogens is 1. The number of aromatic nitrogens is 4. The lowest BCUT2D eigenvalue weighted by Crippen LogP contribution is -2.44. The zero-order chi connectivity index (χ0) is 20.2. The van der Waals surface area contributed by atoms with Gasteiger partial charge in [-0.3, -0.25) is 0 Å². The van der Waals surface area contributed by atoms with Crippen LogP contribution in [0.3, 0.4) is 0 Å². The van der Waals surface area contributed by atoms with Crippen LogP contribution in [0.4, 0.5) is 14.9 Å². The third-order valence-electron chi connectivity index (χ3n) is 4.56. The van der Waals surface area contributed by atoms with Gasteiger partial charge in [-0.05, 0) is 52.6 Å². The molecule has 0 aliphatic carbocycles. The van der Waals surface area contributed by atoms with Crippen LogP contribution in [0.15, 0.2) is 53.7 Å². The van der Waals surface area contributed by atoms with Crippen LogP contribution in [0.2, 0.25) is 0 Å². The highest BCUT2D eigenvalue weighted by Crippen LogP contribution is 2.24. The second kappa shape index (κ2) is 8.58. The number of nitrogens with zero attached hydrogens (tertiary/aromatic N) is 5. The Balaban J connectivity index is 1.45. The van der Waals surface area contributed by atoms with E-state index in [-0.39, 0.29) is 18.0 Å². The Kier molecular flexibility index (Phi) is 5.72. The first kappa shape index (κ1) is 19.3. The van der Waals surface area contributed by atoms with Crippen LogP contribution in [0.1, 0.15) is 11.7 Å². The van der Waals surface area contributed by atoms with Crippen LogP contribution in [0.25, 0.3) is 5.69 Å². The lowest BCUT2D eigenvalue weighted by Gasteiger charge is -2.33. The third kappa shape index (κ3) is 4.38. The number of anilines is 1. The van der Waals surface area contributed by atoms with E-state index in [9.17, 15) is 9.18 Å². The number of thioether (sulfide) groups is 1. The molecule has 1 aliphatic heterocycles. The van der Waals surface area contributed by atoms with E-state index >= 15 is 0 Å². The average molecular weight is 414 g/mol. The summed E-state index contributed by atoms with van der Waals surface area (Å²) in [4.78, 5) is 14.5. The van der Waals surface area contributed by atoms with E-state index < -0.39 is 0 Å². The van der Waals surface area contributed by atoms with E-state index in [0.29, 0.717) is 30.5 Å². The number of morpholine rings is 1. The number of carbonyl (C=O) groups is 1. The molecule has 0 spiro atoms. The van der Waals surface area contributed by atoms with Gasteiger partial charge in [-0.1, -0.05) is 30.0 Å². The highest BCUT2D eigenvalue weighted by Gasteiger charge is 2.25. The first-order chi connectivity index (χ1) is 14.1. The minimum atomic E-state index is -0.300. The summed E-state index contributed by atoms with van der Waals surface area (Å²) < 4.78 is 20.5. The summed E-state index contributed by atoms with van der Waals surface area (Å²) in [6, 6.07) is 13.2. The molecule has 8 nitrogen and oxygen atoms in total. The van der Waals surface area contributed by atoms with Gasteiger partial charge in [0, 0.05) is 12.2 Å². The Labute approximate surface area is 171 Å². The molecule has 1 aromatic heterocycles. The number of hydrogen-bond donors (Lipinski definition) is 1. The minimum Gasteiger partial charge on any atom is -0.370 e. The van der Waals surface area contributed by atoms with E-state index in [0.717, 1.165) is 11.3 Å². The lowest BCUT2D eigenvalue weighted by molar-refractivity contribution is -0.0135. The highest BCUT2D eigenvalue weighted by molar-refractivity contribution is 7.98. The molecule has 0 saturated carbocycles. The molecule has 0 bridgehead atoms. The molecule has 1 aliphatic rings. The lowest BCUT2D eigenvalue weighted by atomic mass is 10.1. The number of nitrogens with one attached hydrogen (secondary N) is 1. The molecule has 150 valence electrons. The Morgan fingerprint density at radius 3 is 2.90 bits per heavy atom. The number of carbonyl (C=O) groups excluding carboxylic acids is 1. The summed E-state index contributed by atoms with van der Waals surface area (Å²) >= 11 is 1.43. The van der Waals surface area contributed by atoms with Gasteiger partial charge in [0.15, 0.2) is 0 Å². The van der Waals surface area contributed by atoms with Crippen LogP contribution in [-0.2, 0) is 4.74 Å². The van der Waals surface area contributed by atoms with Crippen LogP contribution in [0, 0.1) is 5.82 Å². The fourth-order valence-electron chi connectivity index (χ4n) is 3.10. The molecule has 1 saturated heterocycles. The molecule has 1 atom stereocenters. The van der Waals surface area contributed by atoms with Gasteiger partial charge in [-0.2, -0.15) is 4.68 Å². The van der Waals surface area contributed by atoms with Crippen LogP contribution in [-0.4, -0.2) is 57.1 Å². The van der Waals surface area contributed by atoms with Crippen molar-refractivity contribution in [2.24, 2.45) is 0 Å². The predicted octanol–water partition coefficient (Wildman–Crippen LogP) is 3.13. The van der Waals surface area contributed by atoms with Crippen molar-refractivity contribution in [1.82, 2.24) is 25.1 Å². The Morgan fingerprint density at radius 2 is 2.10 bits per heavy atom. The second-order valence-corrected chi connectivity index (χ2v) is 7.19. The fraction of sp³-hybridized carbons (Fsp3) is 0.263. The molecule has 29 heavy (non-hydrogen) atoms. The smallest absolute Gasteiger partial charge is 0.322 e. The van der Waals surface area contributed by atoms with Gasteiger partial charge in [-0.25, -0.2) is 9.18 Å². The van der Waals surface area contributed by atoms with Crippen LogP contribution < -0.4 is 5.32 Å². The predicted molar refractivity (Wildman–Crippen MR) is 107 cm³/mol. The maximum absolute atomic E-state index is 13.2. The number of tetrazole rings is 1. The van der Waals surface area contributed by atoms with Crippen molar-refractivity contribution >= 4 is 23.5 Å². The maximum Gasteiger partial charge on any atom is 0.322 e. The number of hydrogen-bond acceptors (Lipinski definition) is 6. The Hall–Kier alpha value is -2.98. The largest absolute Gasteiger partial charge is 0.370 e. The first-order valence-electron chi connectivity index (χ1n) is 9.00. The van der Waals surface area contributed by atoms with E-state index in [4.69, 9.17) is 4.74 Å². The molecule has 2 aromatic carbocycles. The van der Waals surface area contributed by atoms with E-state index in [1.165, 1.54) is 23.9 Å². The summed E-state index contributed by atoms with van der Waals surface area (Å²) in [6.07, 6.45) is 1.61. The van der Waals surface area contributed by atoms with Crippen molar-refractivity contribution in [2.75, 3.05) is 31.3 Å². The van der Waals surface area contributed by atoms with Crippen molar-refractivity contribution in [3.05, 3.63) is 59.9 Å². The van der Waals surface area contributed by atoms with Gasteiger partial charge >= 0.3 is 6.03 Å². The molecular formula is C19H19FN6O2S. The standard InChI is InChI=1S/C19H19FN6O2S/c1-29-19-22-23-24-26(19)16-4-2-3-15(11-16)21-18(27)25-9-10-28-17(12-25)13-5-7-14(20)8-6-13/h2-8,11,17H,9-10,12H2,1H3,(H,21,27)/t17-/m0/s1. The van der Waals surface area contributed by atoms with Gasteiger partial charge in [0.25, 0.3) is 0 Å². The number of rotatable bonds is 4. The van der Waals surface area contributed by atoms with Crippen molar-refractivity contribution in [3.8, 4) is 5.69 Å². The number of urea groups is 1. The molecule has 2 amide bonds. The number of ether oxygens (including phenoxy) is 1. The fourth-order valence-corrected chi connectivity index (χ4v) is 3.53. The molecule has 2 heterocycles. The van der Waals surface area contributed by atoms with E-state index in [2.05, 4.69) is 20.8 Å². The average Bonchev–Trinajstić information content (AvgIpc) is 3.23. The van der Waals surface area contributed by atoms with Crippen molar-refractivity contribution in [3.63, 3.8) is 0 Å². The molecule has 0 radical (unpaired) electrons. The van der Waals surface area contributed by atoms with Crippen LogP contribution >= 0.6 is 11.8 Å². The summed E-state index contributed by atoms with van der Waals surface area (Å²) in [6.45, 7) is 1.28. The van der Waals surface area contributed by atoms with Crippen molar-refractivity contribution < 1.29 is 13.9 Å². The van der Waals surface area contributed by atoms with E-state index in [1.54, 1.807) is 21.7 Å². The van der Waals surface area contributed by atoms with Crippen LogP contribution in [0.5, 0.6) is 0 Å². The number of amides is 2. The summed E-state index contributed by atoms with van der Waals surface area (Å²) in [5, 5.41) is 15.2. The van der Waals surface area contributed by atoms with Crippen molar-refractivity contribution in [2.45, 2.75) is 11.3 Å². The van der Waals surface area contributed by atoms with Gasteiger partial charge in [0.2, 0.25) is 5.16 Å². The summed E-state index contributed by atoms with van der Waals surface area (Å²) in [5.74, 6) is -0.300. The molecule has 1 N–H and O–H groups in total. The Bertz CT molecular complexity index is 996. The number of benzene rings is 2. The Morgan fingerprint density at radius 1 is 1.28 bits per heavy atom.